The van der Waals surface area contributed by atoms with E-state index in [9.17, 15) is 13.2 Å². The molecule has 29 heavy (non-hydrogen) atoms. The summed E-state index contributed by atoms with van der Waals surface area (Å²) in [4.78, 5) is 4.76. The van der Waals surface area contributed by atoms with Crippen LogP contribution < -0.4 is 5.73 Å². The van der Waals surface area contributed by atoms with Crippen molar-refractivity contribution < 1.29 is 17.7 Å². The Morgan fingerprint density at radius 1 is 1.07 bits per heavy atom. The number of aliphatic imine (C=N–C) groups is 1. The van der Waals surface area contributed by atoms with E-state index < -0.39 is 12.2 Å². The van der Waals surface area contributed by atoms with E-state index in [2.05, 4.69) is 23.0 Å². The number of alkyl halides is 3. The molecule has 1 aromatic heterocycles. The normalized spacial score (nSPS) is 14.0. The van der Waals surface area contributed by atoms with Gasteiger partial charge in [0.1, 0.15) is 6.54 Å². The van der Waals surface area contributed by atoms with Gasteiger partial charge in [-0.05, 0) is 31.5 Å². The Morgan fingerprint density at radius 2 is 1.66 bits per heavy atom. The van der Waals surface area contributed by atoms with Crippen LogP contribution in [0, 0.1) is 6.92 Å². The van der Waals surface area contributed by atoms with Gasteiger partial charge in [-0.25, -0.2) is 0 Å². The summed E-state index contributed by atoms with van der Waals surface area (Å²) in [5.74, 6) is 0.814. The fourth-order valence-corrected chi connectivity index (χ4v) is 2.99. The predicted octanol–water partition coefficient (Wildman–Crippen LogP) is 5.55. The fraction of sp³-hybridized carbons (Fsp3) is 0.238. The maximum Gasteiger partial charge on any atom is 0.403 e. The largest absolute Gasteiger partial charge is 0.403 e. The molecule has 0 spiro atoms. The lowest BCUT2D eigenvalue weighted by atomic mass is 9.93. The van der Waals surface area contributed by atoms with Crippen molar-refractivity contribution in [3.8, 4) is 11.1 Å². The minimum atomic E-state index is -4.22. The average Bonchev–Trinajstić information content (AvgIpc) is 2.95. The van der Waals surface area contributed by atoms with E-state index in [-0.39, 0.29) is 0 Å². The second-order valence-corrected chi connectivity index (χ2v) is 7.05. The first-order valence-electron chi connectivity index (χ1n) is 8.86. The highest BCUT2D eigenvalue weighted by Crippen LogP contribution is 2.34. The second-order valence-electron chi connectivity index (χ2n) is 6.61. The summed E-state index contributed by atoms with van der Waals surface area (Å²) in [7, 11) is 0. The van der Waals surface area contributed by atoms with Gasteiger partial charge < -0.3 is 10.3 Å². The van der Waals surface area contributed by atoms with E-state index in [1.54, 1.807) is 0 Å². The maximum absolute atomic E-state index is 11.1. The number of hydrogen-bond donors (Lipinski definition) is 1. The molecule has 0 radical (unpaired) electrons. The van der Waals surface area contributed by atoms with E-state index in [0.29, 0.717) is 6.54 Å². The summed E-state index contributed by atoms with van der Waals surface area (Å²) in [5, 5.41) is 4.81. The lowest BCUT2D eigenvalue weighted by molar-refractivity contribution is -0.143. The first-order valence-corrected chi connectivity index (χ1v) is 9.24. The third kappa shape index (κ3) is 4.68. The highest BCUT2D eigenvalue weighted by atomic mass is 35.5. The third-order valence-corrected chi connectivity index (χ3v) is 4.65. The number of aromatic nitrogens is 1. The molecular weight excluding hydrogens is 403 g/mol. The minimum absolute atomic E-state index is 0.489. The maximum atomic E-state index is 11.1. The first-order chi connectivity index (χ1) is 13.7. The zero-order valence-corrected chi connectivity index (χ0v) is 16.6. The van der Waals surface area contributed by atoms with Crippen LogP contribution in [-0.2, 0) is 6.54 Å². The molecule has 0 saturated carbocycles. The Kier molecular flexibility index (Phi) is 6.10. The summed E-state index contributed by atoms with van der Waals surface area (Å²) < 4.78 is 38.6. The SMILES string of the molecule is CC(N)C(F)(F)F.Cc1noc2c1-c1ccccc1C(c1ccc(Cl)cc1)=NC2. The van der Waals surface area contributed by atoms with Crippen LogP contribution >= 0.6 is 11.6 Å². The van der Waals surface area contributed by atoms with Crippen LogP contribution in [-0.4, -0.2) is 23.1 Å². The van der Waals surface area contributed by atoms with Gasteiger partial charge in [0.05, 0.1) is 23.0 Å². The van der Waals surface area contributed by atoms with Gasteiger partial charge in [0, 0.05) is 16.1 Å². The Bertz CT molecular complexity index is 1020. The van der Waals surface area contributed by atoms with E-state index >= 15 is 0 Å². The van der Waals surface area contributed by atoms with Gasteiger partial charge in [0.2, 0.25) is 0 Å². The van der Waals surface area contributed by atoms with Gasteiger partial charge in [-0.3, -0.25) is 4.99 Å². The molecule has 4 nitrogen and oxygen atoms in total. The van der Waals surface area contributed by atoms with Crippen LogP contribution in [0.1, 0.15) is 29.5 Å². The molecule has 1 atom stereocenters. The van der Waals surface area contributed by atoms with Crippen molar-refractivity contribution in [1.29, 1.82) is 0 Å². The molecule has 1 unspecified atom stereocenters. The van der Waals surface area contributed by atoms with Crippen LogP contribution in [0.25, 0.3) is 11.1 Å². The van der Waals surface area contributed by atoms with Crippen LogP contribution in [0.3, 0.4) is 0 Å². The number of rotatable bonds is 1. The molecule has 0 aliphatic carbocycles. The smallest absolute Gasteiger partial charge is 0.358 e. The van der Waals surface area contributed by atoms with Crippen LogP contribution in [0.5, 0.6) is 0 Å². The van der Waals surface area contributed by atoms with Gasteiger partial charge in [-0.1, -0.05) is 53.2 Å². The van der Waals surface area contributed by atoms with Crippen molar-refractivity contribution in [2.24, 2.45) is 10.7 Å². The van der Waals surface area contributed by atoms with Gasteiger partial charge in [-0.15, -0.1) is 0 Å². The molecule has 0 saturated heterocycles. The standard InChI is InChI=1S/C18H13ClN2O.C3H6F3N/c1-11-17-14-4-2-3-5-15(14)18(20-10-16(17)22-21-11)12-6-8-13(19)9-7-12;1-2(7)3(4,5)6/h2-9H,10H2,1H3;2H,7H2,1H3. The topological polar surface area (TPSA) is 64.4 Å². The van der Waals surface area contributed by atoms with Gasteiger partial charge in [0.15, 0.2) is 5.76 Å². The predicted molar refractivity (Wildman–Crippen MR) is 107 cm³/mol. The number of fused-ring (bicyclic) bond motifs is 3. The molecule has 1 aliphatic rings. The van der Waals surface area contributed by atoms with Gasteiger partial charge >= 0.3 is 6.18 Å². The lowest BCUT2D eigenvalue weighted by Crippen LogP contribution is -2.33. The summed E-state index contributed by atoms with van der Waals surface area (Å²) in [6, 6.07) is 14.3. The number of aryl methyl sites for hydroxylation is 1. The molecule has 0 bridgehead atoms. The number of hydrogen-bond acceptors (Lipinski definition) is 4. The Balaban J connectivity index is 0.000000298. The quantitative estimate of drug-likeness (QED) is 0.560. The molecular formula is C21H19ClF3N3O. The van der Waals surface area contributed by atoms with E-state index in [4.69, 9.17) is 21.1 Å². The third-order valence-electron chi connectivity index (χ3n) is 4.40. The molecule has 4 rings (SSSR count). The Morgan fingerprint density at radius 3 is 2.24 bits per heavy atom. The molecule has 0 amide bonds. The van der Waals surface area contributed by atoms with Crippen molar-refractivity contribution in [3.05, 3.63) is 76.1 Å². The minimum Gasteiger partial charge on any atom is -0.358 e. The van der Waals surface area contributed by atoms with Gasteiger partial charge in [-0.2, -0.15) is 13.2 Å². The van der Waals surface area contributed by atoms with E-state index in [0.717, 1.165) is 51.4 Å². The van der Waals surface area contributed by atoms with Crippen LogP contribution in [0.4, 0.5) is 13.2 Å². The highest BCUT2D eigenvalue weighted by Gasteiger charge is 2.32. The zero-order chi connectivity index (χ0) is 21.2. The molecule has 8 heteroatoms. The molecule has 2 N–H and O–H groups in total. The average molecular weight is 422 g/mol. The summed E-state index contributed by atoms with van der Waals surface area (Å²) in [5.41, 5.74) is 10.6. The van der Waals surface area contributed by atoms with E-state index in [1.165, 1.54) is 0 Å². The van der Waals surface area contributed by atoms with Crippen LogP contribution in [0.15, 0.2) is 58.0 Å². The second kappa shape index (κ2) is 8.39. The monoisotopic (exact) mass is 421 g/mol. The van der Waals surface area contributed by atoms with Crippen LogP contribution in [0.2, 0.25) is 5.02 Å². The fourth-order valence-electron chi connectivity index (χ4n) is 2.87. The zero-order valence-electron chi connectivity index (χ0n) is 15.8. The molecule has 0 fully saturated rings. The van der Waals surface area contributed by atoms with E-state index in [1.807, 2.05) is 43.3 Å². The van der Waals surface area contributed by atoms with Crippen molar-refractivity contribution in [2.75, 3.05) is 0 Å². The number of nitrogens with two attached hydrogens (primary N) is 1. The Labute approximate surface area is 171 Å². The van der Waals surface area contributed by atoms with Crippen molar-refractivity contribution >= 4 is 17.3 Å². The number of halogens is 4. The number of nitrogens with zero attached hydrogens (tertiary/aromatic N) is 2. The summed E-state index contributed by atoms with van der Waals surface area (Å²) >= 11 is 6.00. The molecule has 3 aromatic rings. The molecule has 2 heterocycles. The number of benzene rings is 2. The van der Waals surface area contributed by atoms with Gasteiger partial charge in [0.25, 0.3) is 0 Å². The highest BCUT2D eigenvalue weighted by molar-refractivity contribution is 6.30. The molecule has 2 aromatic carbocycles. The summed E-state index contributed by atoms with van der Waals surface area (Å²) in [6.45, 7) is 3.36. The van der Waals surface area contributed by atoms with Crippen molar-refractivity contribution in [3.63, 3.8) is 0 Å². The Hall–Kier alpha value is -2.64. The first kappa shape index (κ1) is 21.1. The van der Waals surface area contributed by atoms with Crippen molar-refractivity contribution in [2.45, 2.75) is 32.6 Å². The summed E-state index contributed by atoms with van der Waals surface area (Å²) in [6.07, 6.45) is -4.22. The lowest BCUT2D eigenvalue weighted by Gasteiger charge is -2.10. The molecule has 1 aliphatic heterocycles. The van der Waals surface area contributed by atoms with Crippen molar-refractivity contribution in [1.82, 2.24) is 5.16 Å². The molecule has 152 valence electrons.